The summed E-state index contributed by atoms with van der Waals surface area (Å²) in [7, 11) is 1.00. The highest BCUT2D eigenvalue weighted by atomic mass is 79.9. The van der Waals surface area contributed by atoms with Gasteiger partial charge in [0.25, 0.3) is 0 Å². The molecule has 1 rings (SSSR count). The highest BCUT2D eigenvalue weighted by Gasteiger charge is 2.39. The second-order valence-electron chi connectivity index (χ2n) is 2.57. The first-order valence-electron chi connectivity index (χ1n) is 4.05. The first-order valence-corrected chi connectivity index (χ1v) is 4.85. The normalized spacial score (nSPS) is 11.8. The van der Waals surface area contributed by atoms with Crippen LogP contribution in [0.1, 0.15) is 5.56 Å². The van der Waals surface area contributed by atoms with Crippen molar-refractivity contribution in [3.8, 4) is 0 Å². The second-order valence-corrected chi connectivity index (χ2v) is 3.49. The van der Waals surface area contributed by atoms with Crippen molar-refractivity contribution in [2.45, 2.75) is 6.18 Å². The maximum Gasteiger partial charge on any atom is 0.437 e. The molecule has 0 heterocycles. The van der Waals surface area contributed by atoms with Crippen molar-refractivity contribution in [2.24, 2.45) is 5.16 Å². The lowest BCUT2D eigenvalue weighted by molar-refractivity contribution is -0.0602. The number of benzene rings is 1. The largest absolute Gasteiger partial charge is 0.437 e. The van der Waals surface area contributed by atoms with E-state index in [1.54, 1.807) is 0 Å². The van der Waals surface area contributed by atoms with Gasteiger partial charge in [0.05, 0.1) is 0 Å². The molecule has 0 fully saturated rings. The molecule has 1 aromatic carbocycles. The van der Waals surface area contributed by atoms with Gasteiger partial charge in [-0.3, -0.25) is 0 Å². The van der Waals surface area contributed by atoms with Gasteiger partial charge < -0.3 is 10.3 Å². The van der Waals surface area contributed by atoms with Gasteiger partial charge in [0.2, 0.25) is 0 Å². The van der Waals surface area contributed by atoms with Gasteiger partial charge in [-0.05, 0) is 18.2 Å². The quantitative estimate of drug-likeness (QED) is 0.362. The Bertz CT molecular complexity index is 406. The second kappa shape index (κ2) is 6.55. The standard InChI is InChI=1S/C8H4BrF4NO.CH4O/c9-4-1-2-6(10)5(3-4)7(14-15)8(11,12)13;1-2/h1-3,15H;2H,1H3. The number of alkyl halides is 3. The lowest BCUT2D eigenvalue weighted by Gasteiger charge is -2.09. The van der Waals surface area contributed by atoms with Gasteiger partial charge in [-0.2, -0.15) is 13.2 Å². The van der Waals surface area contributed by atoms with Crippen molar-refractivity contribution in [1.29, 1.82) is 0 Å². The van der Waals surface area contributed by atoms with Crippen LogP contribution in [-0.2, 0) is 0 Å². The maximum atomic E-state index is 13.0. The third-order valence-electron chi connectivity index (χ3n) is 1.55. The molecule has 0 spiro atoms. The van der Waals surface area contributed by atoms with Crippen molar-refractivity contribution in [1.82, 2.24) is 0 Å². The van der Waals surface area contributed by atoms with E-state index in [0.29, 0.717) is 0 Å². The minimum atomic E-state index is -4.91. The van der Waals surface area contributed by atoms with Crippen LogP contribution in [0, 0.1) is 5.82 Å². The van der Waals surface area contributed by atoms with E-state index in [0.717, 1.165) is 19.2 Å². The van der Waals surface area contributed by atoms with Gasteiger partial charge in [0.15, 0.2) is 5.71 Å². The molecule has 3 nitrogen and oxygen atoms in total. The average molecular weight is 318 g/mol. The zero-order valence-electron chi connectivity index (χ0n) is 8.46. The van der Waals surface area contributed by atoms with E-state index in [1.165, 1.54) is 6.07 Å². The first-order chi connectivity index (χ1) is 7.86. The Kier molecular flexibility index (Phi) is 6.11. The van der Waals surface area contributed by atoms with Crippen molar-refractivity contribution in [3.63, 3.8) is 0 Å². The molecular formula is C9H8BrF4NO2. The van der Waals surface area contributed by atoms with E-state index < -0.39 is 23.3 Å². The molecule has 2 N–H and O–H groups in total. The molecule has 0 amide bonds. The summed E-state index contributed by atoms with van der Waals surface area (Å²) in [5, 5.41) is 17.3. The molecule has 0 aromatic heterocycles. The molecule has 8 heteroatoms. The Hall–Kier alpha value is -1.15. The Morgan fingerprint density at radius 2 is 1.82 bits per heavy atom. The third-order valence-corrected chi connectivity index (χ3v) is 2.05. The highest BCUT2D eigenvalue weighted by molar-refractivity contribution is 9.10. The molecule has 0 saturated heterocycles. The lowest BCUT2D eigenvalue weighted by Crippen LogP contribution is -2.25. The Morgan fingerprint density at radius 3 is 2.24 bits per heavy atom. The summed E-state index contributed by atoms with van der Waals surface area (Å²) in [5.74, 6) is -1.11. The minimum absolute atomic E-state index is 0.254. The highest BCUT2D eigenvalue weighted by Crippen LogP contribution is 2.26. The molecule has 17 heavy (non-hydrogen) atoms. The molecule has 0 aliphatic carbocycles. The summed E-state index contributed by atoms with van der Waals surface area (Å²) < 4.78 is 50.0. The van der Waals surface area contributed by atoms with Crippen LogP contribution in [-0.4, -0.2) is 29.3 Å². The molecule has 0 saturated carbocycles. The van der Waals surface area contributed by atoms with Crippen LogP contribution in [0.5, 0.6) is 0 Å². The number of aliphatic hydroxyl groups is 1. The van der Waals surface area contributed by atoms with Gasteiger partial charge in [0.1, 0.15) is 5.82 Å². The van der Waals surface area contributed by atoms with Crippen molar-refractivity contribution in [3.05, 3.63) is 34.1 Å². The summed E-state index contributed by atoms with van der Waals surface area (Å²) >= 11 is 2.89. The van der Waals surface area contributed by atoms with Crippen LogP contribution < -0.4 is 0 Å². The van der Waals surface area contributed by atoms with Gasteiger partial charge >= 0.3 is 6.18 Å². The molecule has 0 radical (unpaired) electrons. The van der Waals surface area contributed by atoms with Crippen molar-refractivity contribution < 1.29 is 27.9 Å². The summed E-state index contributed by atoms with van der Waals surface area (Å²) in [6.07, 6.45) is -4.91. The number of hydrogen-bond acceptors (Lipinski definition) is 3. The van der Waals surface area contributed by atoms with Gasteiger partial charge in [-0.15, -0.1) is 0 Å². The van der Waals surface area contributed by atoms with Crippen LogP contribution in [0.25, 0.3) is 0 Å². The SMILES string of the molecule is CO.ON=C(c1cc(Br)ccc1F)C(F)(F)F. The van der Waals surface area contributed by atoms with E-state index in [-0.39, 0.29) is 4.47 Å². The third kappa shape index (κ3) is 4.31. The van der Waals surface area contributed by atoms with E-state index in [4.69, 9.17) is 10.3 Å². The van der Waals surface area contributed by atoms with Crippen molar-refractivity contribution >= 4 is 21.6 Å². The van der Waals surface area contributed by atoms with Crippen LogP contribution >= 0.6 is 15.9 Å². The van der Waals surface area contributed by atoms with E-state index in [1.807, 2.05) is 0 Å². The fourth-order valence-electron chi connectivity index (χ4n) is 0.942. The number of aliphatic hydroxyl groups excluding tert-OH is 1. The number of hydrogen-bond donors (Lipinski definition) is 2. The average Bonchev–Trinajstić information content (AvgIpc) is 2.25. The van der Waals surface area contributed by atoms with Gasteiger partial charge in [-0.25, -0.2) is 4.39 Å². The molecule has 96 valence electrons. The topological polar surface area (TPSA) is 52.8 Å². The van der Waals surface area contributed by atoms with E-state index in [2.05, 4.69) is 21.1 Å². The maximum absolute atomic E-state index is 13.0. The molecule has 0 bridgehead atoms. The number of nitrogens with zero attached hydrogens (tertiary/aromatic N) is 1. The summed E-state index contributed by atoms with van der Waals surface area (Å²) in [6.45, 7) is 0. The van der Waals surface area contributed by atoms with Crippen LogP contribution in [0.3, 0.4) is 0 Å². The predicted octanol–water partition coefficient (Wildman–Crippen LogP) is 2.94. The molecule has 0 aliphatic rings. The fourth-order valence-corrected chi connectivity index (χ4v) is 1.30. The molecule has 0 unspecified atom stereocenters. The minimum Gasteiger partial charge on any atom is -0.410 e. The molecular weight excluding hydrogens is 310 g/mol. The van der Waals surface area contributed by atoms with Crippen LogP contribution in [0.2, 0.25) is 0 Å². The Labute approximate surface area is 102 Å². The summed E-state index contributed by atoms with van der Waals surface area (Å²) in [6, 6.07) is 2.97. The van der Waals surface area contributed by atoms with Gasteiger partial charge in [-0.1, -0.05) is 21.1 Å². The number of oxime groups is 1. The number of halogens is 5. The van der Waals surface area contributed by atoms with Crippen LogP contribution in [0.15, 0.2) is 27.8 Å². The molecule has 0 aliphatic heterocycles. The first kappa shape index (κ1) is 15.9. The van der Waals surface area contributed by atoms with Crippen molar-refractivity contribution in [2.75, 3.05) is 7.11 Å². The van der Waals surface area contributed by atoms with E-state index >= 15 is 0 Å². The van der Waals surface area contributed by atoms with Crippen LogP contribution in [0.4, 0.5) is 17.6 Å². The molecule has 1 aromatic rings. The van der Waals surface area contributed by atoms with Gasteiger partial charge in [0, 0.05) is 17.1 Å². The predicted molar refractivity (Wildman–Crippen MR) is 56.6 cm³/mol. The molecule has 0 atom stereocenters. The fraction of sp³-hybridized carbons (Fsp3) is 0.222. The van der Waals surface area contributed by atoms with E-state index in [9.17, 15) is 17.6 Å². The Morgan fingerprint density at radius 1 is 1.29 bits per heavy atom. The Balaban J connectivity index is 0.00000121. The number of rotatable bonds is 1. The lowest BCUT2D eigenvalue weighted by atomic mass is 10.1. The zero-order valence-corrected chi connectivity index (χ0v) is 10.0. The zero-order chi connectivity index (χ0) is 13.6. The summed E-state index contributed by atoms with van der Waals surface area (Å²) in [4.78, 5) is 0. The summed E-state index contributed by atoms with van der Waals surface area (Å²) in [5.41, 5.74) is -2.47. The monoisotopic (exact) mass is 317 g/mol. The smallest absolute Gasteiger partial charge is 0.410 e.